The summed E-state index contributed by atoms with van der Waals surface area (Å²) < 4.78 is 5.50. The molecule has 4 rings (SSSR count). The molecule has 3 aromatic rings. The van der Waals surface area contributed by atoms with Gasteiger partial charge in [-0.2, -0.15) is 0 Å². The lowest BCUT2D eigenvalue weighted by Crippen LogP contribution is -2.28. The van der Waals surface area contributed by atoms with Crippen LogP contribution in [0.4, 0.5) is 5.69 Å². The average Bonchev–Trinajstić information content (AvgIpc) is 3.04. The number of benzene rings is 2. The molecular weight excluding hydrogens is 344 g/mol. The highest BCUT2D eigenvalue weighted by Gasteiger charge is 2.35. The summed E-state index contributed by atoms with van der Waals surface area (Å²) in [4.78, 5) is 19.2. The first-order valence-electron chi connectivity index (χ1n) is 8.69. The van der Waals surface area contributed by atoms with Gasteiger partial charge in [0.05, 0.1) is 23.6 Å². The fourth-order valence-corrected chi connectivity index (χ4v) is 4.32. The van der Waals surface area contributed by atoms with E-state index in [1.54, 1.807) is 11.8 Å². The summed E-state index contributed by atoms with van der Waals surface area (Å²) in [6, 6.07) is 18.0. The SMILES string of the molecule is CCOc1ccc(N2C(=O)CS[C@H]2c2ccc3cc(C)ccc3n2)cc1. The molecule has 0 radical (unpaired) electrons. The fourth-order valence-electron chi connectivity index (χ4n) is 3.19. The first-order valence-corrected chi connectivity index (χ1v) is 9.74. The third-order valence-corrected chi connectivity index (χ3v) is 5.59. The Bertz CT molecular complexity index is 956. The van der Waals surface area contributed by atoms with Gasteiger partial charge in [0.25, 0.3) is 0 Å². The second kappa shape index (κ2) is 7.00. The molecule has 1 saturated heterocycles. The van der Waals surface area contributed by atoms with Crippen LogP contribution in [0.25, 0.3) is 10.9 Å². The zero-order valence-corrected chi connectivity index (χ0v) is 15.6. The number of aromatic nitrogens is 1. The van der Waals surface area contributed by atoms with Crippen molar-refractivity contribution in [3.05, 3.63) is 65.9 Å². The minimum atomic E-state index is -0.105. The molecule has 4 nitrogen and oxygen atoms in total. The topological polar surface area (TPSA) is 42.4 Å². The molecule has 1 fully saturated rings. The first kappa shape index (κ1) is 16.9. The zero-order chi connectivity index (χ0) is 18.1. The van der Waals surface area contributed by atoms with Crippen LogP contribution in [0.3, 0.4) is 0 Å². The number of hydrogen-bond donors (Lipinski definition) is 0. The van der Waals surface area contributed by atoms with Crippen molar-refractivity contribution < 1.29 is 9.53 Å². The monoisotopic (exact) mass is 364 g/mol. The standard InChI is InChI=1S/C21H20N2O2S/c1-3-25-17-8-6-16(7-9-17)23-20(24)13-26-21(23)19-11-5-15-12-14(2)4-10-18(15)22-19/h4-12,21H,3,13H2,1-2H3/t21-/m0/s1. The van der Waals surface area contributed by atoms with Crippen molar-refractivity contribution in [3.8, 4) is 5.75 Å². The van der Waals surface area contributed by atoms with Crippen LogP contribution in [0.2, 0.25) is 0 Å². The first-order chi connectivity index (χ1) is 12.7. The molecule has 0 saturated carbocycles. The van der Waals surface area contributed by atoms with Crippen molar-refractivity contribution in [1.29, 1.82) is 0 Å². The third kappa shape index (κ3) is 3.15. The number of rotatable bonds is 4. The maximum absolute atomic E-state index is 12.5. The van der Waals surface area contributed by atoms with Gasteiger partial charge in [0.1, 0.15) is 11.1 Å². The maximum Gasteiger partial charge on any atom is 0.238 e. The van der Waals surface area contributed by atoms with Crippen LogP contribution < -0.4 is 9.64 Å². The number of ether oxygens (including phenoxy) is 1. The Morgan fingerprint density at radius 2 is 1.96 bits per heavy atom. The summed E-state index contributed by atoms with van der Waals surface area (Å²) in [6.45, 7) is 4.66. The number of thioether (sulfide) groups is 1. The molecule has 0 bridgehead atoms. The molecule has 0 N–H and O–H groups in total. The van der Waals surface area contributed by atoms with Crippen molar-refractivity contribution in [2.75, 3.05) is 17.3 Å². The smallest absolute Gasteiger partial charge is 0.238 e. The molecule has 2 heterocycles. The van der Waals surface area contributed by atoms with E-state index < -0.39 is 0 Å². The number of nitrogens with zero attached hydrogens (tertiary/aromatic N) is 2. The van der Waals surface area contributed by atoms with Crippen LogP contribution in [-0.4, -0.2) is 23.3 Å². The van der Waals surface area contributed by atoms with Crippen LogP contribution >= 0.6 is 11.8 Å². The highest BCUT2D eigenvalue weighted by molar-refractivity contribution is 8.00. The van der Waals surface area contributed by atoms with Crippen LogP contribution in [0.15, 0.2) is 54.6 Å². The molecule has 1 aliphatic rings. The van der Waals surface area contributed by atoms with E-state index in [0.717, 1.165) is 28.0 Å². The van der Waals surface area contributed by atoms with Crippen molar-refractivity contribution in [2.45, 2.75) is 19.2 Å². The summed E-state index contributed by atoms with van der Waals surface area (Å²) in [6.07, 6.45) is 0. The quantitative estimate of drug-likeness (QED) is 0.672. The molecule has 0 spiro atoms. The van der Waals surface area contributed by atoms with Crippen molar-refractivity contribution in [1.82, 2.24) is 4.98 Å². The van der Waals surface area contributed by atoms with Gasteiger partial charge in [0.15, 0.2) is 0 Å². The fraction of sp³-hybridized carbons (Fsp3) is 0.238. The number of pyridine rings is 1. The maximum atomic E-state index is 12.5. The molecular formula is C21H20N2O2S. The number of amides is 1. The van der Waals surface area contributed by atoms with Gasteiger partial charge in [-0.25, -0.2) is 4.98 Å². The van der Waals surface area contributed by atoms with Gasteiger partial charge in [-0.15, -0.1) is 11.8 Å². The molecule has 1 amide bonds. The molecule has 1 atom stereocenters. The van der Waals surface area contributed by atoms with Crippen LogP contribution in [-0.2, 0) is 4.79 Å². The van der Waals surface area contributed by atoms with E-state index in [1.807, 2.05) is 48.2 Å². The van der Waals surface area contributed by atoms with Gasteiger partial charge in [0, 0.05) is 11.1 Å². The molecule has 0 unspecified atom stereocenters. The second-order valence-corrected chi connectivity index (χ2v) is 7.35. The number of anilines is 1. The van der Waals surface area contributed by atoms with Crippen molar-refractivity contribution in [3.63, 3.8) is 0 Å². The lowest BCUT2D eigenvalue weighted by Gasteiger charge is -2.24. The van der Waals surface area contributed by atoms with E-state index in [0.29, 0.717) is 12.4 Å². The molecule has 1 aliphatic heterocycles. The van der Waals surface area contributed by atoms with Crippen LogP contribution in [0.1, 0.15) is 23.6 Å². The lowest BCUT2D eigenvalue weighted by atomic mass is 10.1. The number of fused-ring (bicyclic) bond motifs is 1. The molecule has 132 valence electrons. The summed E-state index contributed by atoms with van der Waals surface area (Å²) in [7, 11) is 0. The largest absolute Gasteiger partial charge is 0.494 e. The highest BCUT2D eigenvalue weighted by Crippen LogP contribution is 2.41. The zero-order valence-electron chi connectivity index (χ0n) is 14.8. The highest BCUT2D eigenvalue weighted by atomic mass is 32.2. The predicted octanol–water partition coefficient (Wildman–Crippen LogP) is 4.72. The third-order valence-electron chi connectivity index (χ3n) is 4.41. The lowest BCUT2D eigenvalue weighted by molar-refractivity contribution is -0.115. The Morgan fingerprint density at radius 3 is 2.73 bits per heavy atom. The molecule has 5 heteroatoms. The predicted molar refractivity (Wildman–Crippen MR) is 107 cm³/mol. The van der Waals surface area contributed by atoms with Crippen molar-refractivity contribution >= 4 is 34.3 Å². The normalized spacial score (nSPS) is 17.1. The molecule has 26 heavy (non-hydrogen) atoms. The van der Waals surface area contributed by atoms with Crippen LogP contribution in [0, 0.1) is 6.92 Å². The van der Waals surface area contributed by atoms with E-state index in [2.05, 4.69) is 25.1 Å². The summed E-state index contributed by atoms with van der Waals surface area (Å²) >= 11 is 1.62. The van der Waals surface area contributed by atoms with E-state index in [4.69, 9.17) is 9.72 Å². The second-order valence-electron chi connectivity index (χ2n) is 6.29. The molecule has 2 aromatic carbocycles. The van der Waals surface area contributed by atoms with Gasteiger partial charge in [-0.1, -0.05) is 17.7 Å². The summed E-state index contributed by atoms with van der Waals surface area (Å²) in [5.41, 5.74) is 3.96. The number of carbonyl (C=O) groups excluding carboxylic acids is 1. The number of hydrogen-bond acceptors (Lipinski definition) is 4. The Balaban J connectivity index is 1.68. The van der Waals surface area contributed by atoms with E-state index in [-0.39, 0.29) is 11.3 Å². The van der Waals surface area contributed by atoms with E-state index in [1.165, 1.54) is 5.56 Å². The summed E-state index contributed by atoms with van der Waals surface area (Å²) in [5, 5.41) is 1.02. The summed E-state index contributed by atoms with van der Waals surface area (Å²) in [5.74, 6) is 1.38. The van der Waals surface area contributed by atoms with Gasteiger partial charge in [0.2, 0.25) is 5.91 Å². The molecule has 0 aliphatic carbocycles. The average molecular weight is 364 g/mol. The Hall–Kier alpha value is -2.53. The van der Waals surface area contributed by atoms with Gasteiger partial charge in [-0.3, -0.25) is 9.69 Å². The number of carbonyl (C=O) groups is 1. The van der Waals surface area contributed by atoms with E-state index in [9.17, 15) is 4.79 Å². The Kier molecular flexibility index (Phi) is 4.55. The van der Waals surface area contributed by atoms with Gasteiger partial charge < -0.3 is 4.74 Å². The Morgan fingerprint density at radius 1 is 1.15 bits per heavy atom. The minimum Gasteiger partial charge on any atom is -0.494 e. The van der Waals surface area contributed by atoms with Crippen LogP contribution in [0.5, 0.6) is 5.75 Å². The minimum absolute atomic E-state index is 0.105. The molecule has 1 aromatic heterocycles. The Labute approximate surface area is 157 Å². The van der Waals surface area contributed by atoms with Gasteiger partial charge >= 0.3 is 0 Å². The van der Waals surface area contributed by atoms with Crippen molar-refractivity contribution in [2.24, 2.45) is 0 Å². The van der Waals surface area contributed by atoms with E-state index >= 15 is 0 Å². The van der Waals surface area contributed by atoms with Gasteiger partial charge in [-0.05, 0) is 56.3 Å². The number of aryl methyl sites for hydroxylation is 1.